The van der Waals surface area contributed by atoms with E-state index in [-0.39, 0.29) is 0 Å². The van der Waals surface area contributed by atoms with Crippen molar-refractivity contribution < 1.29 is 4.74 Å². The maximum absolute atomic E-state index is 5.28. The highest BCUT2D eigenvalue weighted by molar-refractivity contribution is 4.74. The van der Waals surface area contributed by atoms with Crippen LogP contribution in [0.2, 0.25) is 0 Å². The molecule has 0 aliphatic carbocycles. The summed E-state index contributed by atoms with van der Waals surface area (Å²) in [5.41, 5.74) is 0. The number of unbranched alkanes of at least 4 members (excludes halogenated alkanes) is 1. The second-order valence-electron chi connectivity index (χ2n) is 6.10. The van der Waals surface area contributed by atoms with Gasteiger partial charge < -0.3 is 10.1 Å². The van der Waals surface area contributed by atoms with Crippen LogP contribution in [0.3, 0.4) is 0 Å². The van der Waals surface area contributed by atoms with Crippen LogP contribution >= 0.6 is 0 Å². The Morgan fingerprint density at radius 1 is 1.05 bits per heavy atom. The molecular formula is C17H37NO. The molecule has 19 heavy (non-hydrogen) atoms. The molecule has 0 heterocycles. The van der Waals surface area contributed by atoms with Crippen molar-refractivity contribution in [2.24, 2.45) is 11.8 Å². The first-order valence-corrected chi connectivity index (χ1v) is 8.40. The molecule has 0 saturated carbocycles. The predicted molar refractivity (Wildman–Crippen MR) is 85.7 cm³/mol. The molecule has 0 radical (unpaired) electrons. The van der Waals surface area contributed by atoms with E-state index in [4.69, 9.17) is 4.74 Å². The summed E-state index contributed by atoms with van der Waals surface area (Å²) in [6.45, 7) is 11.2. The molecule has 0 aliphatic rings. The fraction of sp³-hybridized carbons (Fsp3) is 1.00. The lowest BCUT2D eigenvalue weighted by atomic mass is 9.88. The Balaban J connectivity index is 4.21. The molecule has 0 saturated heterocycles. The Bertz CT molecular complexity index is 184. The topological polar surface area (TPSA) is 21.3 Å². The molecule has 0 aliphatic heterocycles. The third-order valence-electron chi connectivity index (χ3n) is 3.98. The molecule has 0 bridgehead atoms. The van der Waals surface area contributed by atoms with Gasteiger partial charge in [-0.25, -0.2) is 0 Å². The van der Waals surface area contributed by atoms with Gasteiger partial charge in [0.2, 0.25) is 0 Å². The van der Waals surface area contributed by atoms with Crippen molar-refractivity contribution >= 4 is 0 Å². The zero-order chi connectivity index (χ0) is 14.5. The molecule has 0 aromatic rings. The maximum atomic E-state index is 5.28. The molecule has 3 unspecified atom stereocenters. The first-order chi connectivity index (χ1) is 9.17. The minimum atomic E-state index is 0.656. The lowest BCUT2D eigenvalue weighted by Crippen LogP contribution is -2.34. The van der Waals surface area contributed by atoms with E-state index in [1.165, 1.54) is 44.9 Å². The first-order valence-electron chi connectivity index (χ1n) is 8.40. The summed E-state index contributed by atoms with van der Waals surface area (Å²) in [7, 11) is 1.81. The van der Waals surface area contributed by atoms with Gasteiger partial charge in [-0.2, -0.15) is 0 Å². The number of hydrogen-bond acceptors (Lipinski definition) is 2. The van der Waals surface area contributed by atoms with Crippen LogP contribution in [0.25, 0.3) is 0 Å². The largest absolute Gasteiger partial charge is 0.384 e. The summed E-state index contributed by atoms with van der Waals surface area (Å²) in [5, 5.41) is 3.74. The molecule has 0 aromatic heterocycles. The van der Waals surface area contributed by atoms with E-state index in [2.05, 4.69) is 33.0 Å². The van der Waals surface area contributed by atoms with Crippen LogP contribution in [0.4, 0.5) is 0 Å². The summed E-state index contributed by atoms with van der Waals surface area (Å²) in [6.07, 6.45) is 9.23. The van der Waals surface area contributed by atoms with Crippen LogP contribution in [0.15, 0.2) is 0 Å². The van der Waals surface area contributed by atoms with Gasteiger partial charge in [0, 0.05) is 19.8 Å². The molecule has 1 N–H and O–H groups in total. The fourth-order valence-corrected chi connectivity index (χ4v) is 2.83. The van der Waals surface area contributed by atoms with Crippen molar-refractivity contribution in [1.29, 1.82) is 0 Å². The molecule has 0 amide bonds. The SMILES string of the molecule is CCCCC(CC)CC(CC(C)COC)NCCC. The average Bonchev–Trinajstić information content (AvgIpc) is 2.40. The molecule has 0 rings (SSSR count). The van der Waals surface area contributed by atoms with Crippen LogP contribution in [-0.2, 0) is 4.74 Å². The zero-order valence-corrected chi connectivity index (χ0v) is 14.0. The summed E-state index contributed by atoms with van der Waals surface area (Å²) in [5.74, 6) is 1.55. The number of hydrogen-bond donors (Lipinski definition) is 1. The maximum Gasteiger partial charge on any atom is 0.0488 e. The van der Waals surface area contributed by atoms with Gasteiger partial charge in [0.05, 0.1) is 0 Å². The highest BCUT2D eigenvalue weighted by Gasteiger charge is 2.17. The van der Waals surface area contributed by atoms with Gasteiger partial charge in [-0.05, 0) is 37.6 Å². The van der Waals surface area contributed by atoms with Crippen LogP contribution in [0.5, 0.6) is 0 Å². The van der Waals surface area contributed by atoms with Gasteiger partial charge in [0.1, 0.15) is 0 Å². The zero-order valence-electron chi connectivity index (χ0n) is 14.0. The monoisotopic (exact) mass is 271 g/mol. The smallest absolute Gasteiger partial charge is 0.0488 e. The van der Waals surface area contributed by atoms with Crippen molar-refractivity contribution in [3.8, 4) is 0 Å². The van der Waals surface area contributed by atoms with Crippen molar-refractivity contribution in [1.82, 2.24) is 5.32 Å². The number of nitrogens with one attached hydrogen (secondary N) is 1. The van der Waals surface area contributed by atoms with E-state index in [0.717, 1.165) is 19.1 Å². The fourth-order valence-electron chi connectivity index (χ4n) is 2.83. The van der Waals surface area contributed by atoms with Crippen molar-refractivity contribution in [2.75, 3.05) is 20.3 Å². The third-order valence-corrected chi connectivity index (χ3v) is 3.98. The van der Waals surface area contributed by atoms with Gasteiger partial charge in [0.25, 0.3) is 0 Å². The second kappa shape index (κ2) is 12.9. The molecule has 2 heteroatoms. The van der Waals surface area contributed by atoms with E-state index >= 15 is 0 Å². The van der Waals surface area contributed by atoms with Gasteiger partial charge in [-0.3, -0.25) is 0 Å². The third kappa shape index (κ3) is 10.4. The molecule has 3 atom stereocenters. The highest BCUT2D eigenvalue weighted by Crippen LogP contribution is 2.21. The second-order valence-corrected chi connectivity index (χ2v) is 6.10. The summed E-state index contributed by atoms with van der Waals surface area (Å²) < 4.78 is 5.28. The van der Waals surface area contributed by atoms with E-state index in [9.17, 15) is 0 Å². The molecule has 116 valence electrons. The van der Waals surface area contributed by atoms with Gasteiger partial charge >= 0.3 is 0 Å². The van der Waals surface area contributed by atoms with Crippen LogP contribution in [0, 0.1) is 11.8 Å². The Morgan fingerprint density at radius 3 is 2.32 bits per heavy atom. The van der Waals surface area contributed by atoms with E-state index in [0.29, 0.717) is 12.0 Å². The Labute approximate surface area is 121 Å². The van der Waals surface area contributed by atoms with E-state index < -0.39 is 0 Å². The van der Waals surface area contributed by atoms with Crippen molar-refractivity contribution in [2.45, 2.75) is 78.7 Å². The molecular weight excluding hydrogens is 234 g/mol. The van der Waals surface area contributed by atoms with Crippen LogP contribution in [0.1, 0.15) is 72.6 Å². The van der Waals surface area contributed by atoms with Crippen LogP contribution in [-0.4, -0.2) is 26.3 Å². The Kier molecular flexibility index (Phi) is 12.9. The lowest BCUT2D eigenvalue weighted by molar-refractivity contribution is 0.146. The molecule has 2 nitrogen and oxygen atoms in total. The average molecular weight is 271 g/mol. The quantitative estimate of drug-likeness (QED) is 0.527. The van der Waals surface area contributed by atoms with E-state index in [1.807, 2.05) is 0 Å². The van der Waals surface area contributed by atoms with Gasteiger partial charge in [-0.15, -0.1) is 0 Å². The highest BCUT2D eigenvalue weighted by atomic mass is 16.5. The Morgan fingerprint density at radius 2 is 1.79 bits per heavy atom. The lowest BCUT2D eigenvalue weighted by Gasteiger charge is -2.26. The predicted octanol–water partition coefficient (Wildman–Crippen LogP) is 4.63. The molecule has 0 fully saturated rings. The number of methoxy groups -OCH3 is 1. The van der Waals surface area contributed by atoms with Crippen LogP contribution < -0.4 is 5.32 Å². The summed E-state index contributed by atoms with van der Waals surface area (Å²) >= 11 is 0. The number of rotatable bonds is 13. The standard InChI is InChI=1S/C17H37NO/c1-6-9-10-16(8-3)13-17(18-11-7-2)12-15(4)14-19-5/h15-18H,6-14H2,1-5H3. The molecule has 0 spiro atoms. The van der Waals surface area contributed by atoms with Gasteiger partial charge in [-0.1, -0.05) is 53.4 Å². The van der Waals surface area contributed by atoms with Crippen molar-refractivity contribution in [3.05, 3.63) is 0 Å². The normalized spacial score (nSPS) is 16.3. The van der Waals surface area contributed by atoms with Gasteiger partial charge in [0.15, 0.2) is 0 Å². The Hall–Kier alpha value is -0.0800. The summed E-state index contributed by atoms with van der Waals surface area (Å²) in [6, 6.07) is 0.673. The van der Waals surface area contributed by atoms with Crippen molar-refractivity contribution in [3.63, 3.8) is 0 Å². The number of ether oxygens (including phenoxy) is 1. The molecule has 0 aromatic carbocycles. The minimum absolute atomic E-state index is 0.656. The van der Waals surface area contributed by atoms with E-state index in [1.54, 1.807) is 7.11 Å². The minimum Gasteiger partial charge on any atom is -0.384 e. The summed E-state index contributed by atoms with van der Waals surface area (Å²) in [4.78, 5) is 0. The first kappa shape index (κ1) is 18.9.